The molecule has 0 aromatic heterocycles. The smallest absolute Gasteiger partial charge is 0.0898 e. The molecule has 0 amide bonds. The molecule has 0 aliphatic carbocycles. The van der Waals surface area contributed by atoms with Gasteiger partial charge in [0.05, 0.1) is 18.8 Å². The van der Waals surface area contributed by atoms with Crippen LogP contribution in [0.25, 0.3) is 0 Å². The predicted octanol–water partition coefficient (Wildman–Crippen LogP) is 2.33. The monoisotopic (exact) mass is 231 g/mol. The molecule has 3 heteroatoms. The van der Waals surface area contributed by atoms with Gasteiger partial charge in [0.25, 0.3) is 0 Å². The fourth-order valence-corrected chi connectivity index (χ4v) is 1.33. The molecule has 0 aromatic rings. The first kappa shape index (κ1) is 15.9. The highest BCUT2D eigenvalue weighted by molar-refractivity contribution is 4.72. The van der Waals surface area contributed by atoms with Gasteiger partial charge in [0.2, 0.25) is 0 Å². The van der Waals surface area contributed by atoms with Crippen LogP contribution in [0.4, 0.5) is 0 Å². The van der Waals surface area contributed by atoms with Gasteiger partial charge in [0, 0.05) is 12.1 Å². The van der Waals surface area contributed by atoms with Crippen molar-refractivity contribution < 1.29 is 9.84 Å². The summed E-state index contributed by atoms with van der Waals surface area (Å²) in [5, 5.41) is 13.0. The molecule has 0 bridgehead atoms. The molecule has 0 aliphatic rings. The predicted molar refractivity (Wildman–Crippen MR) is 68.7 cm³/mol. The number of ether oxygens (including phenoxy) is 1. The number of unbranched alkanes of at least 4 members (excludes halogenated alkanes) is 1. The van der Waals surface area contributed by atoms with E-state index < -0.39 is 6.10 Å². The number of aliphatic hydroxyl groups excluding tert-OH is 1. The lowest BCUT2D eigenvalue weighted by Crippen LogP contribution is -2.42. The second-order valence-electron chi connectivity index (χ2n) is 5.57. The summed E-state index contributed by atoms with van der Waals surface area (Å²) in [7, 11) is 0. The first-order valence-corrected chi connectivity index (χ1v) is 6.40. The van der Waals surface area contributed by atoms with E-state index in [-0.39, 0.29) is 11.6 Å². The molecule has 3 nitrogen and oxygen atoms in total. The SMILES string of the molecule is CCCCC(C)OCC(O)CNC(C)(C)C. The molecular weight excluding hydrogens is 202 g/mol. The molecule has 0 heterocycles. The lowest BCUT2D eigenvalue weighted by atomic mass is 10.1. The molecule has 0 saturated heterocycles. The van der Waals surface area contributed by atoms with E-state index in [1.807, 2.05) is 0 Å². The highest BCUT2D eigenvalue weighted by Gasteiger charge is 2.13. The van der Waals surface area contributed by atoms with Crippen molar-refractivity contribution in [2.75, 3.05) is 13.2 Å². The molecule has 2 unspecified atom stereocenters. The Labute approximate surface area is 101 Å². The fourth-order valence-electron chi connectivity index (χ4n) is 1.33. The zero-order valence-corrected chi connectivity index (χ0v) is 11.5. The summed E-state index contributed by atoms with van der Waals surface area (Å²) >= 11 is 0. The summed E-state index contributed by atoms with van der Waals surface area (Å²) in [6, 6.07) is 0. The van der Waals surface area contributed by atoms with Crippen molar-refractivity contribution in [2.45, 2.75) is 71.6 Å². The molecule has 0 spiro atoms. The van der Waals surface area contributed by atoms with E-state index in [1.54, 1.807) is 0 Å². The zero-order valence-electron chi connectivity index (χ0n) is 11.5. The highest BCUT2D eigenvalue weighted by atomic mass is 16.5. The topological polar surface area (TPSA) is 41.5 Å². The number of hydrogen-bond donors (Lipinski definition) is 2. The van der Waals surface area contributed by atoms with Crippen LogP contribution in [0.1, 0.15) is 53.9 Å². The third-order valence-electron chi connectivity index (χ3n) is 2.41. The lowest BCUT2D eigenvalue weighted by molar-refractivity contribution is -0.00653. The van der Waals surface area contributed by atoms with Gasteiger partial charge in [-0.25, -0.2) is 0 Å². The Hall–Kier alpha value is -0.120. The fraction of sp³-hybridized carbons (Fsp3) is 1.00. The quantitative estimate of drug-likeness (QED) is 0.673. The van der Waals surface area contributed by atoms with Crippen molar-refractivity contribution in [1.82, 2.24) is 5.32 Å². The summed E-state index contributed by atoms with van der Waals surface area (Å²) in [5.74, 6) is 0. The number of rotatable bonds is 8. The van der Waals surface area contributed by atoms with Crippen molar-refractivity contribution in [2.24, 2.45) is 0 Å². The third kappa shape index (κ3) is 10.4. The maximum Gasteiger partial charge on any atom is 0.0898 e. The van der Waals surface area contributed by atoms with E-state index in [0.717, 1.165) is 6.42 Å². The van der Waals surface area contributed by atoms with Crippen LogP contribution >= 0.6 is 0 Å². The molecule has 98 valence electrons. The molecule has 0 radical (unpaired) electrons. The van der Waals surface area contributed by atoms with Crippen LogP contribution in [0.15, 0.2) is 0 Å². The van der Waals surface area contributed by atoms with Gasteiger partial charge in [-0.3, -0.25) is 0 Å². The number of hydrogen-bond acceptors (Lipinski definition) is 3. The van der Waals surface area contributed by atoms with Crippen molar-refractivity contribution in [3.63, 3.8) is 0 Å². The molecule has 0 rings (SSSR count). The minimum atomic E-state index is -0.414. The Kier molecular flexibility index (Phi) is 7.98. The molecule has 2 atom stereocenters. The Morgan fingerprint density at radius 1 is 1.31 bits per heavy atom. The van der Waals surface area contributed by atoms with Crippen molar-refractivity contribution >= 4 is 0 Å². The molecule has 0 saturated carbocycles. The second kappa shape index (κ2) is 8.04. The lowest BCUT2D eigenvalue weighted by Gasteiger charge is -2.23. The number of β-amino-alcohol motifs (C(OH)–C–C–N with tert-alkyl or cyclic N) is 1. The minimum Gasteiger partial charge on any atom is -0.389 e. The van der Waals surface area contributed by atoms with Gasteiger partial charge in [0.1, 0.15) is 0 Å². The Balaban J connectivity index is 3.53. The minimum absolute atomic E-state index is 0.0504. The largest absolute Gasteiger partial charge is 0.389 e. The Morgan fingerprint density at radius 3 is 2.44 bits per heavy atom. The molecule has 0 fully saturated rings. The molecule has 0 aliphatic heterocycles. The van der Waals surface area contributed by atoms with Crippen molar-refractivity contribution in [1.29, 1.82) is 0 Å². The van der Waals surface area contributed by atoms with Gasteiger partial charge in [0.15, 0.2) is 0 Å². The molecular formula is C13H29NO2. The van der Waals surface area contributed by atoms with Crippen LogP contribution in [0.2, 0.25) is 0 Å². The van der Waals surface area contributed by atoms with Crippen molar-refractivity contribution in [3.8, 4) is 0 Å². The second-order valence-corrected chi connectivity index (χ2v) is 5.57. The van der Waals surface area contributed by atoms with E-state index in [2.05, 4.69) is 39.9 Å². The van der Waals surface area contributed by atoms with Crippen LogP contribution < -0.4 is 5.32 Å². The van der Waals surface area contributed by atoms with E-state index in [0.29, 0.717) is 13.2 Å². The van der Waals surface area contributed by atoms with Crippen LogP contribution in [0, 0.1) is 0 Å². The number of nitrogens with one attached hydrogen (secondary N) is 1. The molecule has 16 heavy (non-hydrogen) atoms. The van der Waals surface area contributed by atoms with Gasteiger partial charge in [-0.05, 0) is 34.1 Å². The van der Waals surface area contributed by atoms with Gasteiger partial charge in [-0.2, -0.15) is 0 Å². The van der Waals surface area contributed by atoms with Gasteiger partial charge in [-0.15, -0.1) is 0 Å². The van der Waals surface area contributed by atoms with E-state index in [9.17, 15) is 5.11 Å². The standard InChI is InChI=1S/C13H29NO2/c1-6-7-8-11(2)16-10-12(15)9-14-13(3,4)5/h11-12,14-15H,6-10H2,1-5H3. The average molecular weight is 231 g/mol. The molecule has 0 aromatic carbocycles. The zero-order chi connectivity index (χ0) is 12.6. The van der Waals surface area contributed by atoms with Crippen LogP contribution in [-0.4, -0.2) is 36.0 Å². The summed E-state index contributed by atoms with van der Waals surface area (Å²) in [4.78, 5) is 0. The highest BCUT2D eigenvalue weighted by Crippen LogP contribution is 2.05. The maximum absolute atomic E-state index is 9.70. The third-order valence-corrected chi connectivity index (χ3v) is 2.41. The first-order chi connectivity index (χ1) is 7.35. The van der Waals surface area contributed by atoms with Crippen molar-refractivity contribution in [3.05, 3.63) is 0 Å². The summed E-state index contributed by atoms with van der Waals surface area (Å²) < 4.78 is 5.58. The Morgan fingerprint density at radius 2 is 1.94 bits per heavy atom. The van der Waals surface area contributed by atoms with E-state index in [4.69, 9.17) is 4.74 Å². The van der Waals surface area contributed by atoms with E-state index >= 15 is 0 Å². The summed E-state index contributed by atoms with van der Waals surface area (Å²) in [6.07, 6.45) is 3.31. The van der Waals surface area contributed by atoms with Crippen LogP contribution in [0.3, 0.4) is 0 Å². The normalized spacial score (nSPS) is 16.1. The maximum atomic E-state index is 9.70. The molecule has 2 N–H and O–H groups in total. The van der Waals surface area contributed by atoms with E-state index in [1.165, 1.54) is 12.8 Å². The summed E-state index contributed by atoms with van der Waals surface area (Å²) in [6.45, 7) is 11.5. The van der Waals surface area contributed by atoms with Crippen LogP contribution in [-0.2, 0) is 4.74 Å². The average Bonchev–Trinajstić information content (AvgIpc) is 2.19. The Bertz CT molecular complexity index is 166. The number of aliphatic hydroxyl groups is 1. The first-order valence-electron chi connectivity index (χ1n) is 6.40. The van der Waals surface area contributed by atoms with Crippen LogP contribution in [0.5, 0.6) is 0 Å². The van der Waals surface area contributed by atoms with Gasteiger partial charge in [-0.1, -0.05) is 19.8 Å². The van der Waals surface area contributed by atoms with Gasteiger partial charge < -0.3 is 15.2 Å². The van der Waals surface area contributed by atoms with Gasteiger partial charge >= 0.3 is 0 Å². The summed E-state index contributed by atoms with van der Waals surface area (Å²) in [5.41, 5.74) is 0.0504.